The molecule has 22 heavy (non-hydrogen) atoms. The molecule has 0 aliphatic carbocycles. The van der Waals surface area contributed by atoms with Crippen molar-refractivity contribution in [3.05, 3.63) is 0 Å². The Bertz CT molecular complexity index is 357. The lowest BCUT2D eigenvalue weighted by Gasteiger charge is -2.37. The van der Waals surface area contributed by atoms with Crippen LogP contribution in [0.3, 0.4) is 0 Å². The average molecular weight is 310 g/mol. The van der Waals surface area contributed by atoms with Crippen molar-refractivity contribution in [3.63, 3.8) is 0 Å². The molecule has 3 heterocycles. The van der Waals surface area contributed by atoms with Gasteiger partial charge in [0.15, 0.2) is 0 Å². The van der Waals surface area contributed by atoms with Crippen LogP contribution in [0.1, 0.15) is 45.4 Å². The number of hydrogen-bond donors (Lipinski definition) is 0. The Labute approximate surface area is 133 Å². The Morgan fingerprint density at radius 3 is 2.50 bits per heavy atom. The minimum atomic E-state index is -0.340. The van der Waals surface area contributed by atoms with E-state index in [-0.39, 0.29) is 18.1 Å². The van der Waals surface area contributed by atoms with E-state index in [9.17, 15) is 4.79 Å². The summed E-state index contributed by atoms with van der Waals surface area (Å²) in [6, 6.07) is 0.690. The minimum absolute atomic E-state index is 0.151. The maximum Gasteiger partial charge on any atom is 0.251 e. The van der Waals surface area contributed by atoms with E-state index >= 15 is 0 Å². The number of piperidine rings is 1. The second-order valence-corrected chi connectivity index (χ2v) is 6.91. The van der Waals surface area contributed by atoms with Crippen molar-refractivity contribution in [3.8, 4) is 0 Å². The van der Waals surface area contributed by atoms with Gasteiger partial charge in [0.2, 0.25) is 0 Å². The molecule has 0 spiro atoms. The summed E-state index contributed by atoms with van der Waals surface area (Å²) < 4.78 is 11.3. The van der Waals surface area contributed by atoms with Gasteiger partial charge in [-0.05, 0) is 58.5 Å². The fourth-order valence-electron chi connectivity index (χ4n) is 3.91. The molecule has 0 saturated carbocycles. The Balaban J connectivity index is 1.38. The molecule has 5 nitrogen and oxygen atoms in total. The second-order valence-electron chi connectivity index (χ2n) is 6.91. The minimum Gasteiger partial charge on any atom is -0.376 e. The summed E-state index contributed by atoms with van der Waals surface area (Å²) in [5, 5.41) is 0. The van der Waals surface area contributed by atoms with Crippen LogP contribution in [0.4, 0.5) is 0 Å². The predicted octanol–water partition coefficient (Wildman–Crippen LogP) is 1.66. The molecular weight excluding hydrogens is 280 g/mol. The van der Waals surface area contributed by atoms with Crippen LogP contribution in [-0.4, -0.2) is 73.3 Å². The van der Waals surface area contributed by atoms with E-state index in [4.69, 9.17) is 9.47 Å². The molecule has 0 bridgehead atoms. The van der Waals surface area contributed by atoms with Gasteiger partial charge in [-0.2, -0.15) is 0 Å². The molecule has 3 fully saturated rings. The number of amides is 1. The van der Waals surface area contributed by atoms with Gasteiger partial charge >= 0.3 is 0 Å². The van der Waals surface area contributed by atoms with E-state index in [2.05, 4.69) is 4.90 Å². The fourth-order valence-corrected chi connectivity index (χ4v) is 3.91. The number of carbonyl (C=O) groups excluding carboxylic acids is 1. The largest absolute Gasteiger partial charge is 0.376 e. The van der Waals surface area contributed by atoms with E-state index in [0.29, 0.717) is 12.6 Å². The molecule has 0 aromatic carbocycles. The summed E-state index contributed by atoms with van der Waals surface area (Å²) in [6.07, 6.45) is 6.93. The SMILES string of the molecule is C[C@@H](OC[C@H]1CCCO1)C(=O)N1CCC(N2CCCC2)CC1. The molecule has 1 amide bonds. The molecule has 126 valence electrons. The Morgan fingerprint density at radius 1 is 1.14 bits per heavy atom. The normalized spacial score (nSPS) is 29.1. The van der Waals surface area contributed by atoms with Gasteiger partial charge in [0.1, 0.15) is 6.10 Å². The summed E-state index contributed by atoms with van der Waals surface area (Å²) in [7, 11) is 0. The van der Waals surface area contributed by atoms with Crippen LogP contribution in [0, 0.1) is 0 Å². The van der Waals surface area contributed by atoms with Crippen molar-refractivity contribution >= 4 is 5.91 Å². The first-order valence-electron chi connectivity index (χ1n) is 9.00. The van der Waals surface area contributed by atoms with Crippen LogP contribution in [0.15, 0.2) is 0 Å². The molecule has 2 atom stereocenters. The van der Waals surface area contributed by atoms with Crippen LogP contribution >= 0.6 is 0 Å². The maximum atomic E-state index is 12.5. The lowest BCUT2D eigenvalue weighted by atomic mass is 10.0. The molecule has 0 unspecified atom stereocenters. The lowest BCUT2D eigenvalue weighted by Crippen LogP contribution is -2.48. The zero-order valence-corrected chi connectivity index (χ0v) is 13.8. The smallest absolute Gasteiger partial charge is 0.251 e. The first-order valence-corrected chi connectivity index (χ1v) is 9.00. The molecule has 3 rings (SSSR count). The quantitative estimate of drug-likeness (QED) is 0.774. The fraction of sp³-hybridized carbons (Fsp3) is 0.941. The van der Waals surface area contributed by atoms with Crippen molar-refractivity contribution in [2.45, 2.75) is 63.7 Å². The summed E-state index contributed by atoms with van der Waals surface area (Å²) in [5.41, 5.74) is 0. The van der Waals surface area contributed by atoms with Crippen LogP contribution in [0.25, 0.3) is 0 Å². The van der Waals surface area contributed by atoms with E-state index in [1.54, 1.807) is 0 Å². The first-order chi connectivity index (χ1) is 10.7. The van der Waals surface area contributed by atoms with Crippen molar-refractivity contribution in [2.24, 2.45) is 0 Å². The van der Waals surface area contributed by atoms with Gasteiger partial charge in [0, 0.05) is 25.7 Å². The Morgan fingerprint density at radius 2 is 1.86 bits per heavy atom. The van der Waals surface area contributed by atoms with Gasteiger partial charge < -0.3 is 19.3 Å². The van der Waals surface area contributed by atoms with Crippen LogP contribution < -0.4 is 0 Å². The second kappa shape index (κ2) is 7.75. The van der Waals surface area contributed by atoms with Crippen LogP contribution in [0.5, 0.6) is 0 Å². The van der Waals surface area contributed by atoms with Gasteiger partial charge in [-0.3, -0.25) is 4.79 Å². The number of nitrogens with zero attached hydrogens (tertiary/aromatic N) is 2. The van der Waals surface area contributed by atoms with Gasteiger partial charge in [-0.1, -0.05) is 0 Å². The third-order valence-corrected chi connectivity index (χ3v) is 5.34. The maximum absolute atomic E-state index is 12.5. The van der Waals surface area contributed by atoms with Crippen molar-refractivity contribution in [2.75, 3.05) is 39.4 Å². The Hall–Kier alpha value is -0.650. The highest BCUT2D eigenvalue weighted by atomic mass is 16.5. The highest BCUT2D eigenvalue weighted by molar-refractivity contribution is 5.80. The zero-order valence-electron chi connectivity index (χ0n) is 13.8. The number of rotatable bonds is 5. The average Bonchev–Trinajstić information content (AvgIpc) is 3.25. The van der Waals surface area contributed by atoms with Crippen LogP contribution in [-0.2, 0) is 14.3 Å². The molecular formula is C17H30N2O3. The number of hydrogen-bond acceptors (Lipinski definition) is 4. The predicted molar refractivity (Wildman–Crippen MR) is 84.8 cm³/mol. The van der Waals surface area contributed by atoms with E-state index < -0.39 is 0 Å². The van der Waals surface area contributed by atoms with E-state index in [0.717, 1.165) is 45.4 Å². The summed E-state index contributed by atoms with van der Waals surface area (Å²) >= 11 is 0. The summed E-state index contributed by atoms with van der Waals surface area (Å²) in [6.45, 7) is 7.53. The molecule has 0 aromatic rings. The van der Waals surface area contributed by atoms with Gasteiger partial charge in [-0.15, -0.1) is 0 Å². The highest BCUT2D eigenvalue weighted by Crippen LogP contribution is 2.22. The molecule has 3 aliphatic heterocycles. The topological polar surface area (TPSA) is 42.0 Å². The van der Waals surface area contributed by atoms with Gasteiger partial charge in [-0.25, -0.2) is 0 Å². The standard InChI is InChI=1S/C17H30N2O3/c1-14(22-13-16-5-4-12-21-16)17(20)19-10-6-15(7-11-19)18-8-2-3-9-18/h14-16H,2-13H2,1H3/t14-,16-/m1/s1. The third kappa shape index (κ3) is 4.00. The van der Waals surface area contributed by atoms with Crippen molar-refractivity contribution in [1.82, 2.24) is 9.80 Å². The first kappa shape index (κ1) is 16.2. The molecule has 0 N–H and O–H groups in total. The van der Waals surface area contributed by atoms with Crippen LogP contribution in [0.2, 0.25) is 0 Å². The number of carbonyl (C=O) groups is 1. The molecule has 0 radical (unpaired) electrons. The van der Waals surface area contributed by atoms with E-state index in [1.807, 2.05) is 11.8 Å². The summed E-state index contributed by atoms with van der Waals surface area (Å²) in [4.78, 5) is 17.1. The monoisotopic (exact) mass is 310 g/mol. The molecule has 5 heteroatoms. The molecule has 3 aliphatic rings. The highest BCUT2D eigenvalue weighted by Gasteiger charge is 2.30. The number of likely N-dealkylation sites (tertiary alicyclic amines) is 2. The third-order valence-electron chi connectivity index (χ3n) is 5.34. The van der Waals surface area contributed by atoms with Gasteiger partial charge in [0.25, 0.3) is 5.91 Å². The van der Waals surface area contributed by atoms with Crippen molar-refractivity contribution in [1.29, 1.82) is 0 Å². The lowest BCUT2D eigenvalue weighted by molar-refractivity contribution is -0.146. The summed E-state index contributed by atoms with van der Waals surface area (Å²) in [5.74, 6) is 0.151. The molecule has 0 aromatic heterocycles. The zero-order chi connectivity index (χ0) is 15.4. The van der Waals surface area contributed by atoms with Gasteiger partial charge in [0.05, 0.1) is 12.7 Å². The molecule has 3 saturated heterocycles. The Kier molecular flexibility index (Phi) is 5.71. The van der Waals surface area contributed by atoms with E-state index in [1.165, 1.54) is 25.9 Å². The number of ether oxygens (including phenoxy) is 2. The van der Waals surface area contributed by atoms with Crippen molar-refractivity contribution < 1.29 is 14.3 Å².